The number of rotatable bonds is 5. The predicted molar refractivity (Wildman–Crippen MR) is 55.7 cm³/mol. The lowest BCUT2D eigenvalue weighted by Gasteiger charge is -2.12. The van der Waals surface area contributed by atoms with Gasteiger partial charge in [-0.1, -0.05) is 0 Å². The molecule has 0 bridgehead atoms. The van der Waals surface area contributed by atoms with E-state index in [1.54, 1.807) is 0 Å². The summed E-state index contributed by atoms with van der Waals surface area (Å²) in [4.78, 5) is 48.4. The third-order valence-corrected chi connectivity index (χ3v) is 2.18. The van der Waals surface area contributed by atoms with Crippen molar-refractivity contribution in [3.05, 3.63) is 11.6 Å². The number of aliphatic hydroxyl groups excluding tert-OH is 1. The Kier molecular flexibility index (Phi) is 4.73. The maximum atomic E-state index is 11.3. The number of hydrogen-bond donors (Lipinski definition) is 3. The first-order valence-corrected chi connectivity index (χ1v) is 5.17. The molecule has 9 nitrogen and oxygen atoms in total. The molecule has 1 fully saturated rings. The van der Waals surface area contributed by atoms with Crippen molar-refractivity contribution in [3.63, 3.8) is 0 Å². The number of carbonyl (C=O) groups is 4. The molecule has 0 unspecified atom stereocenters. The van der Waals surface area contributed by atoms with Crippen LogP contribution in [0.3, 0.4) is 0 Å². The van der Waals surface area contributed by atoms with Gasteiger partial charge in [0.2, 0.25) is 0 Å². The Morgan fingerprint density at radius 3 is 2.21 bits per heavy atom. The van der Waals surface area contributed by atoms with Crippen LogP contribution in [0.1, 0.15) is 19.3 Å². The molecule has 0 aromatic rings. The molecule has 19 heavy (non-hydrogen) atoms. The zero-order chi connectivity index (χ0) is 14.6. The first-order chi connectivity index (χ1) is 8.81. The van der Waals surface area contributed by atoms with Crippen LogP contribution >= 0.6 is 0 Å². The van der Waals surface area contributed by atoms with Gasteiger partial charge in [-0.05, 0) is 0 Å². The van der Waals surface area contributed by atoms with Crippen LogP contribution in [0, 0.1) is 0 Å². The molecule has 1 aliphatic rings. The molecule has 0 spiro atoms. The molecule has 104 valence electrons. The number of hydroxylamine groups is 2. The monoisotopic (exact) mass is 273 g/mol. The molecule has 1 saturated heterocycles. The van der Waals surface area contributed by atoms with Crippen LogP contribution in [0.4, 0.5) is 0 Å². The normalized spacial score (nSPS) is 16.2. The lowest BCUT2D eigenvalue weighted by atomic mass is 10.1. The second-order valence-electron chi connectivity index (χ2n) is 3.66. The van der Waals surface area contributed by atoms with Gasteiger partial charge in [0.25, 0.3) is 11.8 Å². The SMILES string of the molecule is O=C(O)C/C(=C/C(=O)ON1C(=O)CCC1=O)C(O)O. The number of nitrogens with zero attached hydrogens (tertiary/aromatic N) is 1. The summed E-state index contributed by atoms with van der Waals surface area (Å²) in [5.41, 5.74) is -0.531. The van der Waals surface area contributed by atoms with E-state index in [2.05, 4.69) is 4.84 Å². The summed E-state index contributed by atoms with van der Waals surface area (Å²) < 4.78 is 0. The number of carboxylic acids is 1. The molecule has 1 heterocycles. The van der Waals surface area contributed by atoms with E-state index in [-0.39, 0.29) is 17.9 Å². The van der Waals surface area contributed by atoms with Crippen molar-refractivity contribution in [1.29, 1.82) is 0 Å². The molecule has 0 atom stereocenters. The third-order valence-electron chi connectivity index (χ3n) is 2.18. The van der Waals surface area contributed by atoms with Crippen molar-refractivity contribution in [2.45, 2.75) is 25.6 Å². The smallest absolute Gasteiger partial charge is 0.356 e. The highest BCUT2D eigenvalue weighted by Crippen LogP contribution is 2.13. The topological polar surface area (TPSA) is 141 Å². The summed E-state index contributed by atoms with van der Waals surface area (Å²) in [5.74, 6) is -4.03. The molecule has 1 aliphatic heterocycles. The number of imide groups is 1. The number of aliphatic carboxylic acids is 1. The van der Waals surface area contributed by atoms with Crippen molar-refractivity contribution in [2.75, 3.05) is 0 Å². The Bertz CT molecular complexity index is 436. The standard InChI is InChI=1S/C10H11NO8/c12-6-1-2-7(13)11(6)19-9(16)4-5(10(17)18)3-8(14)15/h4,10,17-18H,1-3H2,(H,14,15)/b5-4-. The number of carbonyl (C=O) groups excluding carboxylic acids is 3. The lowest BCUT2D eigenvalue weighted by molar-refractivity contribution is -0.193. The van der Waals surface area contributed by atoms with Crippen LogP contribution in [0.25, 0.3) is 0 Å². The van der Waals surface area contributed by atoms with E-state index < -0.39 is 42.0 Å². The molecule has 0 aliphatic carbocycles. The highest BCUT2D eigenvalue weighted by atomic mass is 16.7. The minimum atomic E-state index is -2.16. The maximum absolute atomic E-state index is 11.3. The number of carboxylic acid groups (broad SMARTS) is 1. The average molecular weight is 273 g/mol. The Hall–Kier alpha value is -2.26. The van der Waals surface area contributed by atoms with Gasteiger partial charge in [-0.3, -0.25) is 14.4 Å². The molecular formula is C10H11NO8. The van der Waals surface area contributed by atoms with Gasteiger partial charge in [0.15, 0.2) is 6.29 Å². The zero-order valence-corrected chi connectivity index (χ0v) is 9.61. The van der Waals surface area contributed by atoms with E-state index >= 15 is 0 Å². The fraction of sp³-hybridized carbons (Fsp3) is 0.400. The van der Waals surface area contributed by atoms with Crippen LogP contribution in [0.2, 0.25) is 0 Å². The van der Waals surface area contributed by atoms with Gasteiger partial charge in [0, 0.05) is 24.5 Å². The first kappa shape index (κ1) is 14.8. The van der Waals surface area contributed by atoms with Gasteiger partial charge in [-0.25, -0.2) is 4.79 Å². The van der Waals surface area contributed by atoms with Gasteiger partial charge in [-0.2, -0.15) is 0 Å². The quantitative estimate of drug-likeness (QED) is 0.306. The maximum Gasteiger partial charge on any atom is 0.356 e. The number of hydrogen-bond acceptors (Lipinski definition) is 7. The lowest BCUT2D eigenvalue weighted by Crippen LogP contribution is -2.31. The van der Waals surface area contributed by atoms with Crippen LogP contribution in [0.15, 0.2) is 11.6 Å². The zero-order valence-electron chi connectivity index (χ0n) is 9.61. The molecule has 0 radical (unpaired) electrons. The molecule has 9 heteroatoms. The van der Waals surface area contributed by atoms with E-state index in [1.165, 1.54) is 0 Å². The van der Waals surface area contributed by atoms with Crippen LogP contribution in [-0.4, -0.2) is 50.4 Å². The number of aliphatic hydroxyl groups is 2. The minimum Gasteiger partial charge on any atom is -0.481 e. The Balaban J connectivity index is 2.73. The van der Waals surface area contributed by atoms with Crippen molar-refractivity contribution in [2.24, 2.45) is 0 Å². The highest BCUT2D eigenvalue weighted by molar-refractivity contribution is 6.02. The fourth-order valence-electron chi connectivity index (χ4n) is 1.32. The minimum absolute atomic E-state index is 0.0829. The molecule has 0 saturated carbocycles. The third kappa shape index (κ3) is 4.16. The summed E-state index contributed by atoms with van der Waals surface area (Å²) in [7, 11) is 0. The Morgan fingerprint density at radius 2 is 1.79 bits per heavy atom. The fourth-order valence-corrected chi connectivity index (χ4v) is 1.32. The molecule has 1 rings (SSSR count). The summed E-state index contributed by atoms with van der Waals surface area (Å²) in [5, 5.41) is 26.4. The van der Waals surface area contributed by atoms with Crippen LogP contribution < -0.4 is 0 Å². The number of amides is 2. The Morgan fingerprint density at radius 1 is 1.26 bits per heavy atom. The molecule has 0 aromatic heterocycles. The van der Waals surface area contributed by atoms with E-state index in [0.29, 0.717) is 6.08 Å². The first-order valence-electron chi connectivity index (χ1n) is 5.17. The highest BCUT2D eigenvalue weighted by Gasteiger charge is 2.32. The van der Waals surface area contributed by atoms with E-state index in [9.17, 15) is 19.2 Å². The second-order valence-corrected chi connectivity index (χ2v) is 3.66. The summed E-state index contributed by atoms with van der Waals surface area (Å²) in [6.45, 7) is 0. The van der Waals surface area contributed by atoms with E-state index in [0.717, 1.165) is 0 Å². The molecule has 0 aromatic carbocycles. The van der Waals surface area contributed by atoms with Crippen molar-refractivity contribution in [3.8, 4) is 0 Å². The van der Waals surface area contributed by atoms with E-state index in [1.807, 2.05) is 0 Å². The molecule has 2 amide bonds. The van der Waals surface area contributed by atoms with Gasteiger partial charge in [0.1, 0.15) is 0 Å². The molecule has 3 N–H and O–H groups in total. The Labute approximate surface area is 106 Å². The van der Waals surface area contributed by atoms with Gasteiger partial charge in [-0.15, -0.1) is 5.06 Å². The molecular weight excluding hydrogens is 262 g/mol. The summed E-state index contributed by atoms with van der Waals surface area (Å²) >= 11 is 0. The van der Waals surface area contributed by atoms with Crippen molar-refractivity contribution < 1.29 is 39.3 Å². The predicted octanol–water partition coefficient (Wildman–Crippen LogP) is -1.69. The van der Waals surface area contributed by atoms with Crippen molar-refractivity contribution >= 4 is 23.8 Å². The largest absolute Gasteiger partial charge is 0.481 e. The van der Waals surface area contributed by atoms with E-state index in [4.69, 9.17) is 15.3 Å². The van der Waals surface area contributed by atoms with Crippen LogP contribution in [-0.2, 0) is 24.0 Å². The van der Waals surface area contributed by atoms with Crippen molar-refractivity contribution in [1.82, 2.24) is 5.06 Å². The average Bonchev–Trinajstić information content (AvgIpc) is 2.59. The van der Waals surface area contributed by atoms with Gasteiger partial charge < -0.3 is 20.2 Å². The summed E-state index contributed by atoms with van der Waals surface area (Å²) in [6, 6.07) is 0. The summed E-state index contributed by atoms with van der Waals surface area (Å²) in [6.07, 6.45) is -2.61. The van der Waals surface area contributed by atoms with Gasteiger partial charge in [0.05, 0.1) is 6.42 Å². The van der Waals surface area contributed by atoms with Gasteiger partial charge >= 0.3 is 11.9 Å². The second kappa shape index (κ2) is 6.07. The van der Waals surface area contributed by atoms with Crippen LogP contribution in [0.5, 0.6) is 0 Å².